The highest BCUT2D eigenvalue weighted by molar-refractivity contribution is 5.93. The van der Waals surface area contributed by atoms with Crippen LogP contribution in [0.4, 0.5) is 4.39 Å². The number of hydrogen-bond acceptors (Lipinski definition) is 4. The molecule has 2 aromatic rings. The molecular weight excluding hydrogens is 349 g/mol. The number of pyridine rings is 1. The summed E-state index contributed by atoms with van der Waals surface area (Å²) in [7, 11) is 1.57. The molecule has 2 amide bonds. The maximum absolute atomic E-state index is 13.6. The number of piperidine rings is 1. The number of nitrogens with zero attached hydrogens (tertiary/aromatic N) is 2. The molecule has 2 heterocycles. The lowest BCUT2D eigenvalue weighted by Gasteiger charge is -2.32. The molecular formula is C20H22FN3O3. The molecule has 1 aliphatic rings. The number of hydrogen-bond donors (Lipinski definition) is 1. The Morgan fingerprint density at radius 2 is 2.11 bits per heavy atom. The normalized spacial score (nSPS) is 16.7. The number of likely N-dealkylation sites (tertiary alicyclic amines) is 1. The molecule has 1 saturated heterocycles. The molecule has 0 saturated carbocycles. The molecule has 1 aromatic carbocycles. The van der Waals surface area contributed by atoms with Crippen LogP contribution in [-0.4, -0.2) is 48.4 Å². The van der Waals surface area contributed by atoms with Gasteiger partial charge >= 0.3 is 0 Å². The number of halogens is 1. The lowest BCUT2D eigenvalue weighted by molar-refractivity contribution is -0.134. The van der Waals surface area contributed by atoms with Crippen molar-refractivity contribution in [2.75, 3.05) is 26.7 Å². The monoisotopic (exact) mass is 371 g/mol. The minimum atomic E-state index is -0.484. The Bertz CT molecular complexity index is 810. The molecule has 1 N–H and O–H groups in total. The Morgan fingerprint density at radius 1 is 1.30 bits per heavy atom. The lowest BCUT2D eigenvalue weighted by atomic mass is 9.94. The van der Waals surface area contributed by atoms with Crippen LogP contribution in [0.3, 0.4) is 0 Å². The van der Waals surface area contributed by atoms with Crippen LogP contribution in [-0.2, 0) is 4.79 Å². The van der Waals surface area contributed by atoms with E-state index in [1.807, 2.05) is 6.07 Å². The molecule has 27 heavy (non-hydrogen) atoms. The summed E-state index contributed by atoms with van der Waals surface area (Å²) < 4.78 is 18.9. The maximum atomic E-state index is 13.6. The minimum Gasteiger partial charge on any atom is -0.481 e. The Labute approximate surface area is 157 Å². The van der Waals surface area contributed by atoms with Crippen LogP contribution in [0.1, 0.15) is 34.8 Å². The van der Waals surface area contributed by atoms with Gasteiger partial charge in [0.2, 0.25) is 0 Å². The molecule has 1 aromatic heterocycles. The summed E-state index contributed by atoms with van der Waals surface area (Å²) in [6, 6.07) is 9.60. The predicted octanol–water partition coefficient (Wildman–Crippen LogP) is 2.37. The van der Waals surface area contributed by atoms with Crippen LogP contribution in [0.25, 0.3) is 0 Å². The van der Waals surface area contributed by atoms with Crippen LogP contribution in [0, 0.1) is 5.82 Å². The van der Waals surface area contributed by atoms with Crippen molar-refractivity contribution >= 4 is 11.8 Å². The van der Waals surface area contributed by atoms with Crippen LogP contribution in [0.15, 0.2) is 42.6 Å². The van der Waals surface area contributed by atoms with Gasteiger partial charge in [-0.05, 0) is 37.1 Å². The smallest absolute Gasteiger partial charge is 0.260 e. The van der Waals surface area contributed by atoms with Gasteiger partial charge in [-0.15, -0.1) is 0 Å². The molecule has 142 valence electrons. The van der Waals surface area contributed by atoms with Crippen LogP contribution < -0.4 is 10.1 Å². The summed E-state index contributed by atoms with van der Waals surface area (Å²) in [5, 5.41) is 2.56. The number of ether oxygens (including phenoxy) is 1. The average molecular weight is 371 g/mol. The van der Waals surface area contributed by atoms with Gasteiger partial charge in [-0.25, -0.2) is 4.39 Å². The van der Waals surface area contributed by atoms with Crippen molar-refractivity contribution in [2.45, 2.75) is 18.8 Å². The molecule has 0 spiro atoms. The van der Waals surface area contributed by atoms with E-state index < -0.39 is 5.82 Å². The van der Waals surface area contributed by atoms with Crippen LogP contribution >= 0.6 is 0 Å². The highest BCUT2D eigenvalue weighted by Gasteiger charge is 2.26. The lowest BCUT2D eigenvalue weighted by Crippen LogP contribution is -2.41. The summed E-state index contributed by atoms with van der Waals surface area (Å²) in [5.41, 5.74) is 1.36. The zero-order valence-corrected chi connectivity index (χ0v) is 15.2. The van der Waals surface area contributed by atoms with E-state index in [2.05, 4.69) is 10.3 Å². The first kappa shape index (κ1) is 18.8. The fourth-order valence-electron chi connectivity index (χ4n) is 3.16. The Morgan fingerprint density at radius 3 is 2.81 bits per heavy atom. The van der Waals surface area contributed by atoms with Gasteiger partial charge in [-0.3, -0.25) is 14.6 Å². The van der Waals surface area contributed by atoms with Gasteiger partial charge < -0.3 is 15.0 Å². The Kier molecular flexibility index (Phi) is 6.01. The van der Waals surface area contributed by atoms with Crippen molar-refractivity contribution in [2.24, 2.45) is 0 Å². The van der Waals surface area contributed by atoms with Crippen molar-refractivity contribution in [1.82, 2.24) is 15.2 Å². The van der Waals surface area contributed by atoms with Gasteiger partial charge in [0.15, 0.2) is 18.2 Å². The minimum absolute atomic E-state index is 0.0749. The topological polar surface area (TPSA) is 71.5 Å². The molecule has 0 aliphatic carbocycles. The Balaban J connectivity index is 1.59. The van der Waals surface area contributed by atoms with Crippen molar-refractivity contribution < 1.29 is 18.7 Å². The third-order valence-corrected chi connectivity index (χ3v) is 4.66. The van der Waals surface area contributed by atoms with E-state index in [0.717, 1.165) is 18.5 Å². The van der Waals surface area contributed by atoms with Crippen molar-refractivity contribution in [1.29, 1.82) is 0 Å². The van der Waals surface area contributed by atoms with Gasteiger partial charge in [-0.2, -0.15) is 0 Å². The zero-order valence-electron chi connectivity index (χ0n) is 15.2. The number of benzene rings is 1. The molecule has 0 bridgehead atoms. The molecule has 1 atom stereocenters. The third-order valence-electron chi connectivity index (χ3n) is 4.66. The molecule has 6 nitrogen and oxygen atoms in total. The average Bonchev–Trinajstić information content (AvgIpc) is 2.72. The third kappa shape index (κ3) is 4.61. The number of aromatic nitrogens is 1. The summed E-state index contributed by atoms with van der Waals surface area (Å²) in [6.45, 7) is 0.981. The van der Waals surface area contributed by atoms with Crippen LogP contribution in [0.2, 0.25) is 0 Å². The van der Waals surface area contributed by atoms with Crippen molar-refractivity contribution in [3.8, 4) is 5.75 Å². The predicted molar refractivity (Wildman–Crippen MR) is 98.1 cm³/mol. The van der Waals surface area contributed by atoms with Crippen LogP contribution in [0.5, 0.6) is 5.75 Å². The maximum Gasteiger partial charge on any atom is 0.260 e. The second-order valence-corrected chi connectivity index (χ2v) is 6.45. The van der Waals surface area contributed by atoms with Gasteiger partial charge in [0.05, 0.1) is 5.56 Å². The number of rotatable bonds is 5. The Hall–Kier alpha value is -2.96. The first-order valence-electron chi connectivity index (χ1n) is 8.91. The zero-order chi connectivity index (χ0) is 19.2. The van der Waals surface area contributed by atoms with E-state index in [1.165, 1.54) is 12.1 Å². The highest BCUT2D eigenvalue weighted by Crippen LogP contribution is 2.26. The SMILES string of the molecule is CNC(=O)c1ccc([C@@H]2CCCN(C(=O)COc3ccccc3F)C2)nc1. The fourth-order valence-corrected chi connectivity index (χ4v) is 3.16. The van der Waals surface area contributed by atoms with Gasteiger partial charge in [-0.1, -0.05) is 12.1 Å². The molecule has 0 radical (unpaired) electrons. The summed E-state index contributed by atoms with van der Waals surface area (Å²) in [6.07, 6.45) is 3.33. The van der Waals surface area contributed by atoms with E-state index in [9.17, 15) is 14.0 Å². The number of para-hydroxylation sites is 1. The molecule has 0 unspecified atom stereocenters. The van der Waals surface area contributed by atoms with E-state index in [1.54, 1.807) is 36.3 Å². The number of amides is 2. The highest BCUT2D eigenvalue weighted by atomic mass is 19.1. The van der Waals surface area contributed by atoms with E-state index in [-0.39, 0.29) is 30.1 Å². The van der Waals surface area contributed by atoms with E-state index in [4.69, 9.17) is 4.74 Å². The number of nitrogens with one attached hydrogen (secondary N) is 1. The standard InChI is InChI=1S/C20H22FN3O3/c1-22-20(26)14-8-9-17(23-11-14)15-5-4-10-24(12-15)19(25)13-27-18-7-3-2-6-16(18)21/h2-3,6-9,11,15H,4-5,10,12-13H2,1H3,(H,22,26)/t15-/m1/s1. The molecule has 3 rings (SSSR count). The first-order valence-corrected chi connectivity index (χ1v) is 8.91. The fraction of sp³-hybridized carbons (Fsp3) is 0.350. The summed E-state index contributed by atoms with van der Waals surface area (Å²) in [4.78, 5) is 30.2. The summed E-state index contributed by atoms with van der Waals surface area (Å²) >= 11 is 0. The quantitative estimate of drug-likeness (QED) is 0.876. The number of carbonyl (C=O) groups excluding carboxylic acids is 2. The van der Waals surface area contributed by atoms with Gasteiger partial charge in [0.25, 0.3) is 11.8 Å². The first-order chi connectivity index (χ1) is 13.1. The van der Waals surface area contributed by atoms with Crippen molar-refractivity contribution in [3.05, 3.63) is 59.7 Å². The number of carbonyl (C=O) groups is 2. The molecule has 1 fully saturated rings. The van der Waals surface area contributed by atoms with Gasteiger partial charge in [0, 0.05) is 37.9 Å². The van der Waals surface area contributed by atoms with E-state index in [0.29, 0.717) is 18.7 Å². The second kappa shape index (κ2) is 8.62. The van der Waals surface area contributed by atoms with Gasteiger partial charge in [0.1, 0.15) is 0 Å². The molecule has 7 heteroatoms. The largest absolute Gasteiger partial charge is 0.481 e. The second-order valence-electron chi connectivity index (χ2n) is 6.45. The van der Waals surface area contributed by atoms with Crippen molar-refractivity contribution in [3.63, 3.8) is 0 Å². The molecule has 1 aliphatic heterocycles. The van der Waals surface area contributed by atoms with E-state index >= 15 is 0 Å². The summed E-state index contributed by atoms with van der Waals surface area (Å²) in [5.74, 6) is -0.660.